The van der Waals surface area contributed by atoms with Crippen LogP contribution in [0.3, 0.4) is 0 Å². The predicted molar refractivity (Wildman–Crippen MR) is 77.8 cm³/mol. The number of carbonyl (C=O) groups is 2. The van der Waals surface area contributed by atoms with Crippen molar-refractivity contribution in [1.82, 2.24) is 4.98 Å². The van der Waals surface area contributed by atoms with Crippen molar-refractivity contribution in [3.8, 4) is 0 Å². The number of thiazole rings is 1. The van der Waals surface area contributed by atoms with Gasteiger partial charge in [-0.1, -0.05) is 0 Å². The number of benzene rings is 1. The molecule has 2 rings (SSSR count). The second kappa shape index (κ2) is 6.29. The maximum atomic E-state index is 11.5. The van der Waals surface area contributed by atoms with Crippen molar-refractivity contribution in [3.63, 3.8) is 0 Å². The fourth-order valence-electron chi connectivity index (χ4n) is 1.54. The second-order valence-corrected chi connectivity index (χ2v) is 4.88. The van der Waals surface area contributed by atoms with Gasteiger partial charge in [0.2, 0.25) is 0 Å². The van der Waals surface area contributed by atoms with E-state index >= 15 is 0 Å². The first-order valence-corrected chi connectivity index (χ1v) is 6.98. The second-order valence-electron chi connectivity index (χ2n) is 4.02. The van der Waals surface area contributed by atoms with Crippen molar-refractivity contribution in [2.75, 3.05) is 11.9 Å². The molecule has 0 radical (unpaired) electrons. The Morgan fingerprint density at radius 2 is 2.00 bits per heavy atom. The molecule has 0 aliphatic rings. The topological polar surface area (TPSA) is 68.3 Å². The molecule has 5 nitrogen and oxygen atoms in total. The minimum absolute atomic E-state index is 0.0235. The van der Waals surface area contributed by atoms with Gasteiger partial charge in [0.25, 0.3) is 0 Å². The Kier molecular flexibility index (Phi) is 4.47. The van der Waals surface area contributed by atoms with Gasteiger partial charge in [0, 0.05) is 16.6 Å². The lowest BCUT2D eigenvalue weighted by atomic mass is 10.1. The fraction of sp³-hybridized carbons (Fsp3) is 0.214. The van der Waals surface area contributed by atoms with Gasteiger partial charge in [0.05, 0.1) is 6.61 Å². The molecular weight excluding hydrogens is 276 g/mol. The molecule has 0 aliphatic heterocycles. The highest BCUT2D eigenvalue weighted by Gasteiger charge is 2.11. The Balaban J connectivity index is 2.06. The number of Topliss-reactive ketones (excluding diaryl/α,β-unsaturated/α-hetero) is 1. The van der Waals surface area contributed by atoms with Crippen molar-refractivity contribution >= 4 is 33.9 Å². The standard InChI is InChI=1S/C14H14N2O3S/c1-3-19-13(18)12-8-20-14(16-12)15-11-6-4-10(5-7-11)9(2)17/h4-8H,3H2,1-2H3,(H,15,16). The number of hydrogen-bond donors (Lipinski definition) is 1. The number of nitrogens with zero attached hydrogens (tertiary/aromatic N) is 1. The van der Waals surface area contributed by atoms with Crippen molar-refractivity contribution in [2.45, 2.75) is 13.8 Å². The lowest BCUT2D eigenvalue weighted by Crippen LogP contribution is -2.05. The maximum Gasteiger partial charge on any atom is 0.357 e. The van der Waals surface area contributed by atoms with Crippen LogP contribution < -0.4 is 5.32 Å². The number of nitrogens with one attached hydrogen (secondary N) is 1. The van der Waals surface area contributed by atoms with Crippen LogP contribution >= 0.6 is 11.3 Å². The predicted octanol–water partition coefficient (Wildman–Crippen LogP) is 3.27. The molecule has 2 aromatic rings. The van der Waals surface area contributed by atoms with Crippen LogP contribution in [0.25, 0.3) is 0 Å². The summed E-state index contributed by atoms with van der Waals surface area (Å²) < 4.78 is 4.87. The average Bonchev–Trinajstić information content (AvgIpc) is 2.88. The number of carbonyl (C=O) groups excluding carboxylic acids is 2. The molecule has 0 spiro atoms. The van der Waals surface area contributed by atoms with E-state index < -0.39 is 5.97 Å². The molecule has 0 amide bonds. The maximum absolute atomic E-state index is 11.5. The summed E-state index contributed by atoms with van der Waals surface area (Å²) in [6.07, 6.45) is 0. The van der Waals surface area contributed by atoms with Crippen LogP contribution in [0.1, 0.15) is 34.7 Å². The third kappa shape index (κ3) is 3.42. The summed E-state index contributed by atoms with van der Waals surface area (Å²) in [5.41, 5.74) is 1.75. The summed E-state index contributed by atoms with van der Waals surface area (Å²) in [6.45, 7) is 3.60. The van der Waals surface area contributed by atoms with E-state index in [1.54, 1.807) is 36.6 Å². The van der Waals surface area contributed by atoms with Gasteiger partial charge < -0.3 is 10.1 Å². The molecule has 1 N–H and O–H groups in total. The number of ketones is 1. The molecular formula is C14H14N2O3S. The van der Waals surface area contributed by atoms with Crippen molar-refractivity contribution in [3.05, 3.63) is 40.9 Å². The van der Waals surface area contributed by atoms with Gasteiger partial charge in [0.1, 0.15) is 0 Å². The lowest BCUT2D eigenvalue weighted by Gasteiger charge is -2.03. The number of anilines is 2. The fourth-order valence-corrected chi connectivity index (χ4v) is 2.24. The summed E-state index contributed by atoms with van der Waals surface area (Å²) in [7, 11) is 0. The number of hydrogen-bond acceptors (Lipinski definition) is 6. The first kappa shape index (κ1) is 14.2. The summed E-state index contributed by atoms with van der Waals surface area (Å²) in [4.78, 5) is 26.8. The van der Waals surface area contributed by atoms with Crippen molar-refractivity contribution in [1.29, 1.82) is 0 Å². The molecule has 1 aromatic carbocycles. The van der Waals surface area contributed by atoms with E-state index in [1.165, 1.54) is 18.3 Å². The molecule has 1 aromatic heterocycles. The smallest absolute Gasteiger partial charge is 0.357 e. The lowest BCUT2D eigenvalue weighted by molar-refractivity contribution is 0.0520. The highest BCUT2D eigenvalue weighted by molar-refractivity contribution is 7.14. The first-order valence-electron chi connectivity index (χ1n) is 6.11. The Labute approximate surface area is 120 Å². The molecule has 6 heteroatoms. The van der Waals surface area contributed by atoms with Crippen LogP contribution in [-0.2, 0) is 4.74 Å². The molecule has 0 saturated carbocycles. The molecule has 0 unspecified atom stereocenters. The highest BCUT2D eigenvalue weighted by atomic mass is 32.1. The van der Waals surface area contributed by atoms with E-state index in [9.17, 15) is 9.59 Å². The Morgan fingerprint density at radius 3 is 2.60 bits per heavy atom. The zero-order chi connectivity index (χ0) is 14.5. The molecule has 1 heterocycles. The molecule has 0 aliphatic carbocycles. The molecule has 20 heavy (non-hydrogen) atoms. The van der Waals surface area contributed by atoms with Gasteiger partial charge >= 0.3 is 5.97 Å². The van der Waals surface area contributed by atoms with Crippen LogP contribution in [0.15, 0.2) is 29.6 Å². The normalized spacial score (nSPS) is 10.1. The minimum Gasteiger partial charge on any atom is -0.461 e. The Hall–Kier alpha value is -2.21. The average molecular weight is 290 g/mol. The monoisotopic (exact) mass is 290 g/mol. The third-order valence-electron chi connectivity index (χ3n) is 2.53. The number of ether oxygens (including phenoxy) is 1. The van der Waals surface area contributed by atoms with Gasteiger partial charge in [-0.15, -0.1) is 11.3 Å². The molecule has 0 bridgehead atoms. The van der Waals surface area contributed by atoms with Gasteiger partial charge in [-0.2, -0.15) is 0 Å². The zero-order valence-corrected chi connectivity index (χ0v) is 12.0. The van der Waals surface area contributed by atoms with Crippen LogP contribution in [0.4, 0.5) is 10.8 Å². The zero-order valence-electron chi connectivity index (χ0n) is 11.2. The largest absolute Gasteiger partial charge is 0.461 e. The van der Waals surface area contributed by atoms with E-state index in [4.69, 9.17) is 4.74 Å². The SMILES string of the molecule is CCOC(=O)c1csc(Nc2ccc(C(C)=O)cc2)n1. The number of aromatic nitrogens is 1. The van der Waals surface area contributed by atoms with Gasteiger partial charge in [0.15, 0.2) is 16.6 Å². The summed E-state index contributed by atoms with van der Waals surface area (Å²) in [5, 5.41) is 5.32. The van der Waals surface area contributed by atoms with Crippen LogP contribution in [0.5, 0.6) is 0 Å². The van der Waals surface area contributed by atoms with Crippen molar-refractivity contribution in [2.24, 2.45) is 0 Å². The van der Waals surface area contributed by atoms with E-state index in [1.807, 2.05) is 0 Å². The third-order valence-corrected chi connectivity index (χ3v) is 3.29. The number of rotatable bonds is 5. The summed E-state index contributed by atoms with van der Waals surface area (Å²) in [6, 6.07) is 7.07. The van der Waals surface area contributed by atoms with Gasteiger partial charge in [-0.05, 0) is 38.1 Å². The molecule has 0 atom stereocenters. The molecule has 104 valence electrons. The van der Waals surface area contributed by atoms with E-state index in [0.29, 0.717) is 23.0 Å². The Morgan fingerprint density at radius 1 is 1.30 bits per heavy atom. The molecule has 0 saturated heterocycles. The van der Waals surface area contributed by atoms with Gasteiger partial charge in [-0.25, -0.2) is 9.78 Å². The quantitative estimate of drug-likeness (QED) is 0.676. The van der Waals surface area contributed by atoms with E-state index in [-0.39, 0.29) is 5.78 Å². The number of esters is 1. The van der Waals surface area contributed by atoms with E-state index in [2.05, 4.69) is 10.3 Å². The van der Waals surface area contributed by atoms with Crippen LogP contribution in [0.2, 0.25) is 0 Å². The summed E-state index contributed by atoms with van der Waals surface area (Å²) >= 11 is 1.32. The minimum atomic E-state index is -0.427. The van der Waals surface area contributed by atoms with Crippen LogP contribution in [-0.4, -0.2) is 23.3 Å². The van der Waals surface area contributed by atoms with E-state index in [0.717, 1.165) is 5.69 Å². The first-order chi connectivity index (χ1) is 9.60. The summed E-state index contributed by atoms with van der Waals surface area (Å²) in [5.74, 6) is -0.404. The Bertz CT molecular complexity index is 620. The molecule has 0 fully saturated rings. The van der Waals surface area contributed by atoms with Crippen molar-refractivity contribution < 1.29 is 14.3 Å². The van der Waals surface area contributed by atoms with Gasteiger partial charge in [-0.3, -0.25) is 4.79 Å². The highest BCUT2D eigenvalue weighted by Crippen LogP contribution is 2.21. The van der Waals surface area contributed by atoms with Crippen LogP contribution in [0, 0.1) is 0 Å².